The average Bonchev–Trinajstić information content (AvgIpc) is 2.65. The predicted octanol–water partition coefficient (Wildman–Crippen LogP) is 1.08. The molecule has 0 aliphatic rings. The van der Waals surface area contributed by atoms with Crippen LogP contribution in [0, 0.1) is 0 Å². The number of aryl methyl sites for hydroxylation is 1. The number of hydrogen-bond donors (Lipinski definition) is 0. The van der Waals surface area contributed by atoms with Gasteiger partial charge in [0.2, 0.25) is 0 Å². The maximum Gasteiger partial charge on any atom is 0.195 e. The van der Waals surface area contributed by atoms with Gasteiger partial charge in [-0.25, -0.2) is 4.99 Å². The van der Waals surface area contributed by atoms with Crippen LogP contribution in [0.4, 0.5) is 0 Å². The summed E-state index contributed by atoms with van der Waals surface area (Å²) >= 11 is 1.63. The van der Waals surface area contributed by atoms with Crippen molar-refractivity contribution >= 4 is 17.3 Å². The summed E-state index contributed by atoms with van der Waals surface area (Å²) in [4.78, 5) is 8.49. The van der Waals surface area contributed by atoms with Crippen molar-refractivity contribution in [2.45, 2.75) is 19.9 Å². The highest BCUT2D eigenvalue weighted by atomic mass is 32.1. The summed E-state index contributed by atoms with van der Waals surface area (Å²) in [7, 11) is 7.93. The van der Waals surface area contributed by atoms with Crippen LogP contribution in [0.25, 0.3) is 0 Å². The van der Waals surface area contributed by atoms with Gasteiger partial charge in [-0.15, -0.1) is 10.2 Å². The lowest BCUT2D eigenvalue weighted by molar-refractivity contribution is 0.479. The highest BCUT2D eigenvalue weighted by Gasteiger charge is 2.06. The molecule has 0 unspecified atom stereocenters. The smallest absolute Gasteiger partial charge is 0.195 e. The Kier molecular flexibility index (Phi) is 4.67. The highest BCUT2D eigenvalue weighted by Crippen LogP contribution is 2.11. The van der Waals surface area contributed by atoms with Gasteiger partial charge < -0.3 is 9.80 Å². The van der Waals surface area contributed by atoms with Crippen LogP contribution in [0.2, 0.25) is 0 Å². The Morgan fingerprint density at radius 3 is 2.12 bits per heavy atom. The molecule has 6 heteroatoms. The molecule has 0 aliphatic carbocycles. The second kappa shape index (κ2) is 5.79. The van der Waals surface area contributed by atoms with Crippen molar-refractivity contribution in [3.05, 3.63) is 10.0 Å². The lowest BCUT2D eigenvalue weighted by Gasteiger charge is -2.22. The number of aliphatic imine (C=N–C) groups is 1. The average molecular weight is 241 g/mol. The zero-order valence-corrected chi connectivity index (χ0v) is 11.4. The topological polar surface area (TPSA) is 44.6 Å². The number of guanidine groups is 1. The van der Waals surface area contributed by atoms with E-state index in [2.05, 4.69) is 22.1 Å². The van der Waals surface area contributed by atoms with Gasteiger partial charge in [-0.2, -0.15) is 0 Å². The first-order valence-electron chi connectivity index (χ1n) is 5.25. The van der Waals surface area contributed by atoms with Crippen molar-refractivity contribution in [2.75, 3.05) is 28.2 Å². The first-order chi connectivity index (χ1) is 7.54. The molecule has 0 spiro atoms. The van der Waals surface area contributed by atoms with Crippen LogP contribution in [0.5, 0.6) is 0 Å². The molecule has 1 heterocycles. The third-order valence-corrected chi connectivity index (χ3v) is 3.02. The Hall–Kier alpha value is -1.17. The first kappa shape index (κ1) is 12.9. The fraction of sp³-hybridized carbons (Fsp3) is 0.700. The fourth-order valence-electron chi connectivity index (χ4n) is 1.32. The molecular formula is C10H19N5S. The SMILES string of the molecule is CCc1nnc(CN=C(N(C)C)N(C)C)s1. The number of nitrogens with zero attached hydrogens (tertiary/aromatic N) is 5. The standard InChI is InChI=1S/C10H19N5S/c1-6-8-12-13-9(16-8)7-11-10(14(2)3)15(4)5/h6-7H2,1-5H3. The van der Waals surface area contributed by atoms with E-state index in [0.717, 1.165) is 22.4 Å². The lowest BCUT2D eigenvalue weighted by atomic mass is 10.5. The molecule has 1 aromatic rings. The number of rotatable bonds is 3. The summed E-state index contributed by atoms with van der Waals surface area (Å²) in [6, 6.07) is 0. The lowest BCUT2D eigenvalue weighted by Crippen LogP contribution is -2.35. The zero-order chi connectivity index (χ0) is 12.1. The maximum absolute atomic E-state index is 4.52. The molecule has 0 aliphatic heterocycles. The van der Waals surface area contributed by atoms with Gasteiger partial charge in [0, 0.05) is 28.2 Å². The normalized spacial score (nSPS) is 10.1. The first-order valence-corrected chi connectivity index (χ1v) is 6.06. The van der Waals surface area contributed by atoms with Crippen molar-refractivity contribution in [3.8, 4) is 0 Å². The van der Waals surface area contributed by atoms with E-state index in [-0.39, 0.29) is 0 Å². The fourth-order valence-corrected chi connectivity index (χ4v) is 2.03. The Balaban J connectivity index is 2.69. The molecule has 0 saturated heterocycles. The van der Waals surface area contributed by atoms with Crippen LogP contribution in [-0.2, 0) is 13.0 Å². The van der Waals surface area contributed by atoms with Crippen LogP contribution < -0.4 is 0 Å². The zero-order valence-electron chi connectivity index (χ0n) is 10.6. The molecule has 90 valence electrons. The van der Waals surface area contributed by atoms with Gasteiger partial charge in [-0.05, 0) is 6.42 Å². The van der Waals surface area contributed by atoms with Gasteiger partial charge in [0.15, 0.2) is 5.96 Å². The minimum absolute atomic E-state index is 0.601. The minimum atomic E-state index is 0.601. The Morgan fingerprint density at radius 1 is 1.12 bits per heavy atom. The number of aromatic nitrogens is 2. The van der Waals surface area contributed by atoms with Gasteiger partial charge in [0.25, 0.3) is 0 Å². The summed E-state index contributed by atoms with van der Waals surface area (Å²) in [5.41, 5.74) is 0. The molecule has 1 aromatic heterocycles. The Labute approximate surface area is 101 Å². The van der Waals surface area contributed by atoms with Crippen LogP contribution in [-0.4, -0.2) is 54.1 Å². The predicted molar refractivity (Wildman–Crippen MR) is 67.8 cm³/mol. The van der Waals surface area contributed by atoms with Gasteiger partial charge in [-0.3, -0.25) is 0 Å². The summed E-state index contributed by atoms with van der Waals surface area (Å²) in [6.07, 6.45) is 0.940. The van der Waals surface area contributed by atoms with Crippen LogP contribution in [0.1, 0.15) is 16.9 Å². The van der Waals surface area contributed by atoms with E-state index < -0.39 is 0 Å². The highest BCUT2D eigenvalue weighted by molar-refractivity contribution is 7.11. The van der Waals surface area contributed by atoms with Gasteiger partial charge in [-0.1, -0.05) is 18.3 Å². The molecule has 0 saturated carbocycles. The molecule has 16 heavy (non-hydrogen) atoms. The Morgan fingerprint density at radius 2 is 1.69 bits per heavy atom. The molecule has 0 amide bonds. The van der Waals surface area contributed by atoms with Crippen LogP contribution in [0.3, 0.4) is 0 Å². The molecule has 1 rings (SSSR count). The van der Waals surface area contributed by atoms with Gasteiger partial charge in [0.1, 0.15) is 10.0 Å². The van der Waals surface area contributed by atoms with E-state index >= 15 is 0 Å². The maximum atomic E-state index is 4.52. The third-order valence-electron chi connectivity index (χ3n) is 1.97. The Bertz CT molecular complexity index is 346. The molecule has 0 fully saturated rings. The number of hydrogen-bond acceptors (Lipinski definition) is 4. The second-order valence-electron chi connectivity index (χ2n) is 3.85. The summed E-state index contributed by atoms with van der Waals surface area (Å²) in [5, 5.41) is 10.2. The summed E-state index contributed by atoms with van der Waals surface area (Å²) in [5.74, 6) is 0.938. The molecule has 0 radical (unpaired) electrons. The third kappa shape index (κ3) is 3.44. The molecule has 5 nitrogen and oxygen atoms in total. The summed E-state index contributed by atoms with van der Waals surface area (Å²) in [6.45, 7) is 2.68. The molecule has 0 N–H and O–H groups in total. The van der Waals surface area contributed by atoms with Gasteiger partial charge >= 0.3 is 0 Å². The van der Waals surface area contributed by atoms with E-state index in [9.17, 15) is 0 Å². The van der Waals surface area contributed by atoms with Crippen LogP contribution >= 0.6 is 11.3 Å². The summed E-state index contributed by atoms with van der Waals surface area (Å²) < 4.78 is 0. The molecular weight excluding hydrogens is 222 g/mol. The molecule has 0 bridgehead atoms. The van der Waals surface area contributed by atoms with Crippen LogP contribution in [0.15, 0.2) is 4.99 Å². The molecule has 0 aromatic carbocycles. The van der Waals surface area contributed by atoms with Gasteiger partial charge in [0.05, 0.1) is 6.54 Å². The van der Waals surface area contributed by atoms with Crippen molar-refractivity contribution in [2.24, 2.45) is 4.99 Å². The van der Waals surface area contributed by atoms with Crippen molar-refractivity contribution in [3.63, 3.8) is 0 Å². The van der Waals surface area contributed by atoms with Crippen molar-refractivity contribution < 1.29 is 0 Å². The largest absolute Gasteiger partial charge is 0.349 e. The van der Waals surface area contributed by atoms with E-state index in [4.69, 9.17) is 0 Å². The second-order valence-corrected chi connectivity index (χ2v) is 4.99. The van der Waals surface area contributed by atoms with E-state index in [1.807, 2.05) is 38.0 Å². The van der Waals surface area contributed by atoms with E-state index in [1.165, 1.54) is 0 Å². The monoisotopic (exact) mass is 241 g/mol. The molecule has 0 atom stereocenters. The van der Waals surface area contributed by atoms with Crippen molar-refractivity contribution in [1.29, 1.82) is 0 Å². The quantitative estimate of drug-likeness (QED) is 0.587. The van der Waals surface area contributed by atoms with Crippen molar-refractivity contribution in [1.82, 2.24) is 20.0 Å². The van der Waals surface area contributed by atoms with E-state index in [1.54, 1.807) is 11.3 Å². The minimum Gasteiger partial charge on any atom is -0.349 e. The van der Waals surface area contributed by atoms with E-state index in [0.29, 0.717) is 6.54 Å².